The lowest BCUT2D eigenvalue weighted by atomic mass is 9.98. The quantitative estimate of drug-likeness (QED) is 0.280. The Kier molecular flexibility index (Phi) is 6.72. The molecule has 1 saturated heterocycles. The fourth-order valence-corrected chi connectivity index (χ4v) is 6.17. The maximum absolute atomic E-state index is 13.7. The molecule has 2 aromatic heterocycles. The van der Waals surface area contributed by atoms with E-state index in [2.05, 4.69) is 0 Å². The van der Waals surface area contributed by atoms with Gasteiger partial charge in [0.25, 0.3) is 5.56 Å². The minimum Gasteiger partial charge on any atom is -0.466 e. The van der Waals surface area contributed by atoms with Crippen molar-refractivity contribution in [1.29, 1.82) is 0 Å². The van der Waals surface area contributed by atoms with E-state index in [1.165, 1.54) is 28.0 Å². The minimum absolute atomic E-state index is 0.206. The number of amides is 1. The summed E-state index contributed by atoms with van der Waals surface area (Å²) in [7, 11) is 0. The van der Waals surface area contributed by atoms with Crippen molar-refractivity contribution in [2.45, 2.75) is 26.3 Å². The predicted molar refractivity (Wildman–Crippen MR) is 139 cm³/mol. The number of hydrogen-bond donors (Lipinski definition) is 0. The summed E-state index contributed by atoms with van der Waals surface area (Å²) in [6.45, 7) is 2.61. The molecule has 1 amide bonds. The van der Waals surface area contributed by atoms with E-state index in [1.807, 2.05) is 12.1 Å². The molecular weight excluding hydrogens is 501 g/mol. The highest BCUT2D eigenvalue weighted by Gasteiger charge is 2.30. The lowest BCUT2D eigenvalue weighted by Gasteiger charge is -2.31. The Morgan fingerprint density at radius 2 is 1.92 bits per heavy atom. The molecule has 5 rings (SSSR count). The van der Waals surface area contributed by atoms with Crippen molar-refractivity contribution in [3.63, 3.8) is 0 Å². The van der Waals surface area contributed by atoms with Crippen LogP contribution in [0.15, 0.2) is 53.3 Å². The molecule has 1 atom stereocenters. The topological polar surface area (TPSA) is 73.0 Å². The summed E-state index contributed by atoms with van der Waals surface area (Å²) in [6, 6.07) is 13.1. The third-order valence-corrected chi connectivity index (χ3v) is 7.87. The van der Waals surface area contributed by atoms with E-state index in [1.54, 1.807) is 40.5 Å². The highest BCUT2D eigenvalue weighted by Crippen LogP contribution is 2.33. The van der Waals surface area contributed by atoms with Crippen molar-refractivity contribution in [3.05, 3.63) is 68.7 Å². The summed E-state index contributed by atoms with van der Waals surface area (Å²) >= 11 is 6.99. The predicted octanol–water partition coefficient (Wildman–Crippen LogP) is 4.65. The number of likely N-dealkylation sites (tertiary alicyclic amines) is 1. The number of aromatic nitrogens is 2. The Hall–Kier alpha value is -3.37. The van der Waals surface area contributed by atoms with Gasteiger partial charge in [-0.2, -0.15) is 0 Å². The lowest BCUT2D eigenvalue weighted by Crippen LogP contribution is -2.45. The van der Waals surface area contributed by atoms with Crippen molar-refractivity contribution in [2.24, 2.45) is 5.92 Å². The van der Waals surface area contributed by atoms with Crippen molar-refractivity contribution < 1.29 is 18.7 Å². The number of hydrogen-bond acceptors (Lipinski definition) is 6. The average Bonchev–Trinajstić information content (AvgIpc) is 3.24. The summed E-state index contributed by atoms with van der Waals surface area (Å²) in [5, 5.41) is 0.445. The molecule has 1 fully saturated rings. The zero-order chi connectivity index (χ0) is 25.4. The van der Waals surface area contributed by atoms with Crippen LogP contribution in [0.3, 0.4) is 0 Å². The molecule has 4 aromatic rings. The average molecular weight is 526 g/mol. The van der Waals surface area contributed by atoms with Gasteiger partial charge >= 0.3 is 5.97 Å². The van der Waals surface area contributed by atoms with E-state index in [4.69, 9.17) is 17.0 Å². The number of carbonyl (C=O) groups excluding carboxylic acids is 2. The Balaban J connectivity index is 1.63. The van der Waals surface area contributed by atoms with Crippen molar-refractivity contribution in [1.82, 2.24) is 13.9 Å². The normalized spacial score (nSPS) is 15.9. The van der Waals surface area contributed by atoms with Gasteiger partial charge < -0.3 is 9.64 Å². The number of piperidine rings is 1. The van der Waals surface area contributed by atoms with Gasteiger partial charge in [0.05, 0.1) is 28.3 Å². The number of halogens is 1. The Labute approximate surface area is 215 Å². The molecule has 36 heavy (non-hydrogen) atoms. The molecule has 0 bridgehead atoms. The number of carbonyl (C=O) groups is 2. The Morgan fingerprint density at radius 3 is 2.67 bits per heavy atom. The molecule has 0 saturated carbocycles. The van der Waals surface area contributed by atoms with Crippen LogP contribution in [0.1, 0.15) is 19.8 Å². The van der Waals surface area contributed by atoms with Gasteiger partial charge in [-0.25, -0.2) is 4.39 Å². The van der Waals surface area contributed by atoms with E-state index in [9.17, 15) is 18.8 Å². The molecule has 0 spiro atoms. The Bertz CT molecular complexity index is 1590. The number of thiazole rings is 1. The molecule has 1 aliphatic rings. The molecule has 1 unspecified atom stereocenters. The number of esters is 1. The van der Waals surface area contributed by atoms with E-state index >= 15 is 0 Å². The van der Waals surface area contributed by atoms with Gasteiger partial charge in [0.15, 0.2) is 3.95 Å². The summed E-state index contributed by atoms with van der Waals surface area (Å²) in [6.07, 6.45) is 1.35. The molecule has 3 heterocycles. The maximum Gasteiger partial charge on any atom is 0.310 e. The Morgan fingerprint density at radius 1 is 1.17 bits per heavy atom. The van der Waals surface area contributed by atoms with Crippen LogP contribution in [0, 0.1) is 15.7 Å². The van der Waals surface area contributed by atoms with Crippen LogP contribution >= 0.6 is 23.6 Å². The smallest absolute Gasteiger partial charge is 0.310 e. The zero-order valence-corrected chi connectivity index (χ0v) is 21.2. The van der Waals surface area contributed by atoms with Crippen LogP contribution in [0.2, 0.25) is 0 Å². The van der Waals surface area contributed by atoms with Gasteiger partial charge in [-0.15, -0.1) is 11.3 Å². The number of benzene rings is 2. The highest BCUT2D eigenvalue weighted by molar-refractivity contribution is 7.73. The number of nitrogens with zero attached hydrogens (tertiary/aromatic N) is 3. The number of para-hydroxylation sites is 1. The standard InChI is InChI=1S/C26H24FN3O4S2/c1-2-34-25(33)17-6-5-13-28(14-17)21(31)15-29-23-22(16-9-11-18(27)12-10-16)36-26(35)30(23)20-8-4-3-7-19(20)24(29)32/h3-4,7-12,17H,2,5-6,13-15H2,1H3. The van der Waals surface area contributed by atoms with E-state index in [0.29, 0.717) is 56.9 Å². The lowest BCUT2D eigenvalue weighted by molar-refractivity contribution is -0.151. The number of fused-ring (bicyclic) bond motifs is 3. The first kappa shape index (κ1) is 24.3. The molecule has 0 radical (unpaired) electrons. The fraction of sp³-hybridized carbons (Fsp3) is 0.308. The van der Waals surface area contributed by atoms with Gasteiger partial charge in [-0.1, -0.05) is 24.3 Å². The first-order valence-electron chi connectivity index (χ1n) is 11.8. The molecular formula is C26H24FN3O4S2. The first-order valence-corrected chi connectivity index (χ1v) is 13.0. The number of ether oxygens (including phenoxy) is 1. The van der Waals surface area contributed by atoms with E-state index in [0.717, 1.165) is 0 Å². The molecule has 2 aromatic carbocycles. The van der Waals surface area contributed by atoms with Gasteiger partial charge in [0.2, 0.25) is 5.91 Å². The molecule has 0 aliphatic carbocycles. The van der Waals surface area contributed by atoms with Crippen LogP contribution in [0.25, 0.3) is 27.0 Å². The van der Waals surface area contributed by atoms with Crippen LogP contribution in [-0.2, 0) is 20.9 Å². The van der Waals surface area contributed by atoms with E-state index < -0.39 is 0 Å². The van der Waals surface area contributed by atoms with Gasteiger partial charge in [0, 0.05) is 13.1 Å². The van der Waals surface area contributed by atoms with Crippen LogP contribution in [0.4, 0.5) is 4.39 Å². The van der Waals surface area contributed by atoms with Gasteiger partial charge in [-0.3, -0.25) is 23.4 Å². The third kappa shape index (κ3) is 4.35. The largest absolute Gasteiger partial charge is 0.466 e. The summed E-state index contributed by atoms with van der Waals surface area (Å²) < 4.78 is 22.6. The fourth-order valence-electron chi connectivity index (χ4n) is 4.74. The van der Waals surface area contributed by atoms with Gasteiger partial charge in [0.1, 0.15) is 18.0 Å². The molecule has 1 aliphatic heterocycles. The van der Waals surface area contributed by atoms with Crippen LogP contribution in [-0.4, -0.2) is 45.4 Å². The zero-order valence-electron chi connectivity index (χ0n) is 19.6. The second kappa shape index (κ2) is 9.94. The highest BCUT2D eigenvalue weighted by atomic mass is 32.1. The summed E-state index contributed by atoms with van der Waals surface area (Å²) in [5.74, 6) is -1.31. The first-order chi connectivity index (χ1) is 17.4. The van der Waals surface area contributed by atoms with Gasteiger partial charge in [-0.05, 0) is 61.8 Å². The van der Waals surface area contributed by atoms with Crippen LogP contribution in [0.5, 0.6) is 0 Å². The molecule has 7 nitrogen and oxygen atoms in total. The minimum atomic E-state index is -0.375. The summed E-state index contributed by atoms with van der Waals surface area (Å²) in [4.78, 5) is 41.7. The van der Waals surface area contributed by atoms with Crippen LogP contribution < -0.4 is 5.56 Å². The molecule has 0 N–H and O–H groups in total. The van der Waals surface area contributed by atoms with E-state index in [-0.39, 0.29) is 42.3 Å². The van der Waals surface area contributed by atoms with Crippen molar-refractivity contribution >= 4 is 52.0 Å². The maximum atomic E-state index is 13.7. The van der Waals surface area contributed by atoms with Crippen molar-refractivity contribution in [2.75, 3.05) is 19.7 Å². The summed E-state index contributed by atoms with van der Waals surface area (Å²) in [5.41, 5.74) is 1.53. The van der Waals surface area contributed by atoms with Crippen molar-refractivity contribution in [3.8, 4) is 10.4 Å². The third-order valence-electron chi connectivity index (χ3n) is 6.46. The second-order valence-corrected chi connectivity index (χ2v) is 10.3. The molecule has 10 heteroatoms. The second-order valence-electron chi connectivity index (χ2n) is 8.70. The monoisotopic (exact) mass is 525 g/mol. The SMILES string of the molecule is CCOC(=O)C1CCCN(C(=O)Cn2c(=O)c3ccccc3n3c(=S)sc(-c4ccc(F)cc4)c23)C1. The number of rotatable bonds is 5. The molecule has 186 valence electrons.